The van der Waals surface area contributed by atoms with Gasteiger partial charge in [-0.25, -0.2) is 4.39 Å². The lowest BCUT2D eigenvalue weighted by Gasteiger charge is -2.16. The Morgan fingerprint density at radius 3 is 2.53 bits per heavy atom. The fourth-order valence-corrected chi connectivity index (χ4v) is 2.44. The van der Waals surface area contributed by atoms with Crippen LogP contribution in [0.4, 0.5) is 10.1 Å². The number of benzene rings is 1. The van der Waals surface area contributed by atoms with Crippen LogP contribution in [0.15, 0.2) is 18.2 Å². The van der Waals surface area contributed by atoms with E-state index in [4.69, 9.17) is 5.73 Å². The van der Waals surface area contributed by atoms with Gasteiger partial charge >= 0.3 is 0 Å². The van der Waals surface area contributed by atoms with Crippen molar-refractivity contribution in [1.82, 2.24) is 5.32 Å². The molecule has 0 atom stereocenters. The smallest absolute Gasteiger partial charge is 0.129 e. The first-order chi connectivity index (χ1) is 8.25. The molecule has 0 saturated heterocycles. The lowest BCUT2D eigenvalue weighted by atomic mass is 10.1. The summed E-state index contributed by atoms with van der Waals surface area (Å²) in [6.45, 7) is 0.608. The molecule has 1 aliphatic carbocycles. The fourth-order valence-electron chi connectivity index (χ4n) is 2.44. The number of halogens is 1. The minimum absolute atomic E-state index is 0.203. The van der Waals surface area contributed by atoms with Gasteiger partial charge in [-0.3, -0.25) is 0 Å². The lowest BCUT2D eigenvalue weighted by molar-refractivity contribution is 0.452. The van der Waals surface area contributed by atoms with Crippen molar-refractivity contribution in [2.75, 3.05) is 5.73 Å². The second-order valence-electron chi connectivity index (χ2n) is 4.92. The van der Waals surface area contributed by atoms with Crippen LogP contribution < -0.4 is 11.1 Å². The number of anilines is 1. The van der Waals surface area contributed by atoms with E-state index in [1.807, 2.05) is 0 Å². The fraction of sp³-hybridized carbons (Fsp3) is 0.571. The molecule has 0 heterocycles. The molecular formula is C14H21FN2. The van der Waals surface area contributed by atoms with E-state index in [0.717, 1.165) is 0 Å². The van der Waals surface area contributed by atoms with Crippen molar-refractivity contribution in [2.45, 2.75) is 51.1 Å². The number of hydrogen-bond donors (Lipinski definition) is 2. The second kappa shape index (κ2) is 6.01. The molecule has 1 aliphatic rings. The zero-order chi connectivity index (χ0) is 12.1. The van der Waals surface area contributed by atoms with Crippen molar-refractivity contribution in [2.24, 2.45) is 0 Å². The highest BCUT2D eigenvalue weighted by atomic mass is 19.1. The van der Waals surface area contributed by atoms with Gasteiger partial charge in [0.25, 0.3) is 0 Å². The van der Waals surface area contributed by atoms with Crippen molar-refractivity contribution in [3.05, 3.63) is 29.6 Å². The summed E-state index contributed by atoms with van der Waals surface area (Å²) in [5, 5.41) is 3.46. The van der Waals surface area contributed by atoms with E-state index in [0.29, 0.717) is 23.8 Å². The molecule has 0 amide bonds. The molecule has 1 aromatic carbocycles. The first-order valence-electron chi connectivity index (χ1n) is 6.53. The van der Waals surface area contributed by atoms with Gasteiger partial charge < -0.3 is 11.1 Å². The summed E-state index contributed by atoms with van der Waals surface area (Å²) in [7, 11) is 0. The van der Waals surface area contributed by atoms with Gasteiger partial charge in [-0.2, -0.15) is 0 Å². The van der Waals surface area contributed by atoms with Crippen LogP contribution in [0.3, 0.4) is 0 Å². The number of rotatable bonds is 3. The summed E-state index contributed by atoms with van der Waals surface area (Å²) < 4.78 is 13.6. The maximum Gasteiger partial charge on any atom is 0.129 e. The first kappa shape index (κ1) is 12.4. The summed E-state index contributed by atoms with van der Waals surface area (Å²) in [4.78, 5) is 0. The van der Waals surface area contributed by atoms with E-state index >= 15 is 0 Å². The van der Waals surface area contributed by atoms with Crippen molar-refractivity contribution < 1.29 is 4.39 Å². The molecule has 3 N–H and O–H groups in total. The van der Waals surface area contributed by atoms with Crippen LogP contribution in [0.2, 0.25) is 0 Å². The molecule has 0 unspecified atom stereocenters. The van der Waals surface area contributed by atoms with Crippen molar-refractivity contribution in [3.8, 4) is 0 Å². The van der Waals surface area contributed by atoms with Crippen LogP contribution in [0.1, 0.15) is 44.1 Å². The van der Waals surface area contributed by atoms with Crippen LogP contribution in [-0.2, 0) is 6.54 Å². The zero-order valence-electron chi connectivity index (χ0n) is 10.2. The molecule has 17 heavy (non-hydrogen) atoms. The van der Waals surface area contributed by atoms with Gasteiger partial charge in [0.05, 0.1) is 0 Å². The highest BCUT2D eigenvalue weighted by Crippen LogP contribution is 2.18. The van der Waals surface area contributed by atoms with Gasteiger partial charge in [0.2, 0.25) is 0 Å². The van der Waals surface area contributed by atoms with E-state index in [1.165, 1.54) is 44.6 Å². The van der Waals surface area contributed by atoms with Gasteiger partial charge in [0.1, 0.15) is 5.82 Å². The molecule has 1 fully saturated rings. The molecule has 3 heteroatoms. The highest BCUT2D eigenvalue weighted by Gasteiger charge is 2.12. The number of nitrogens with one attached hydrogen (secondary N) is 1. The normalized spacial score (nSPS) is 17.9. The molecule has 0 radical (unpaired) electrons. The van der Waals surface area contributed by atoms with E-state index in [-0.39, 0.29) is 5.82 Å². The van der Waals surface area contributed by atoms with E-state index in [2.05, 4.69) is 5.32 Å². The second-order valence-corrected chi connectivity index (χ2v) is 4.92. The summed E-state index contributed by atoms with van der Waals surface area (Å²) >= 11 is 0. The van der Waals surface area contributed by atoms with Gasteiger partial charge in [-0.15, -0.1) is 0 Å². The van der Waals surface area contributed by atoms with Crippen LogP contribution >= 0.6 is 0 Å². The predicted molar refractivity (Wildman–Crippen MR) is 69.1 cm³/mol. The van der Waals surface area contributed by atoms with Crippen LogP contribution in [0, 0.1) is 5.82 Å². The van der Waals surface area contributed by atoms with Gasteiger partial charge in [-0.05, 0) is 25.0 Å². The number of hydrogen-bond acceptors (Lipinski definition) is 2. The predicted octanol–water partition coefficient (Wildman–Crippen LogP) is 3.22. The monoisotopic (exact) mass is 236 g/mol. The SMILES string of the molecule is Nc1ccc(CNC2CCCCCC2)c(F)c1. The summed E-state index contributed by atoms with van der Waals surface area (Å²) in [5.74, 6) is -0.203. The van der Waals surface area contributed by atoms with Crippen molar-refractivity contribution >= 4 is 5.69 Å². The standard InChI is InChI=1S/C14H21FN2/c15-14-9-12(16)8-7-11(14)10-17-13-5-3-1-2-4-6-13/h7-9,13,17H,1-6,10,16H2. The molecule has 1 saturated carbocycles. The minimum Gasteiger partial charge on any atom is -0.399 e. The highest BCUT2D eigenvalue weighted by molar-refractivity contribution is 5.40. The topological polar surface area (TPSA) is 38.0 Å². The number of nitrogen functional groups attached to an aromatic ring is 1. The third kappa shape index (κ3) is 3.70. The summed E-state index contributed by atoms with van der Waals surface area (Å²) in [6, 6.07) is 5.47. The quantitative estimate of drug-likeness (QED) is 0.624. The third-order valence-corrected chi connectivity index (χ3v) is 3.51. The summed E-state index contributed by atoms with van der Waals surface area (Å²) in [6.07, 6.45) is 7.71. The molecule has 94 valence electrons. The van der Waals surface area contributed by atoms with Crippen molar-refractivity contribution in [3.63, 3.8) is 0 Å². The Hall–Kier alpha value is -1.09. The average Bonchev–Trinajstić information content (AvgIpc) is 2.56. The average molecular weight is 236 g/mol. The third-order valence-electron chi connectivity index (χ3n) is 3.51. The summed E-state index contributed by atoms with van der Waals surface area (Å²) in [5.41, 5.74) is 6.73. The van der Waals surface area contributed by atoms with E-state index in [1.54, 1.807) is 12.1 Å². The molecule has 1 aromatic rings. The minimum atomic E-state index is -0.203. The molecule has 2 nitrogen and oxygen atoms in total. The van der Waals surface area contributed by atoms with Crippen molar-refractivity contribution in [1.29, 1.82) is 0 Å². The van der Waals surface area contributed by atoms with Crippen LogP contribution in [0.25, 0.3) is 0 Å². The molecule has 0 aromatic heterocycles. The van der Waals surface area contributed by atoms with E-state index < -0.39 is 0 Å². The Morgan fingerprint density at radius 2 is 1.88 bits per heavy atom. The van der Waals surface area contributed by atoms with E-state index in [9.17, 15) is 4.39 Å². The molecule has 0 aliphatic heterocycles. The Kier molecular flexibility index (Phi) is 4.37. The Labute approximate surface area is 102 Å². The van der Waals surface area contributed by atoms with Crippen LogP contribution in [0.5, 0.6) is 0 Å². The lowest BCUT2D eigenvalue weighted by Crippen LogP contribution is -2.28. The largest absolute Gasteiger partial charge is 0.399 e. The maximum absolute atomic E-state index is 13.6. The Bertz CT molecular complexity index is 357. The number of nitrogens with two attached hydrogens (primary N) is 1. The van der Waals surface area contributed by atoms with Gasteiger partial charge in [0.15, 0.2) is 0 Å². The molecule has 0 bridgehead atoms. The maximum atomic E-state index is 13.6. The van der Waals surface area contributed by atoms with Crippen LogP contribution in [-0.4, -0.2) is 6.04 Å². The first-order valence-corrected chi connectivity index (χ1v) is 6.53. The zero-order valence-corrected chi connectivity index (χ0v) is 10.2. The van der Waals surface area contributed by atoms with Gasteiger partial charge in [0, 0.05) is 23.8 Å². The molecule has 0 spiro atoms. The molecular weight excluding hydrogens is 215 g/mol. The molecule has 2 rings (SSSR count). The Balaban J connectivity index is 1.88. The Morgan fingerprint density at radius 1 is 1.18 bits per heavy atom. The van der Waals surface area contributed by atoms with Gasteiger partial charge in [-0.1, -0.05) is 31.7 Å².